The molecule has 1 unspecified atom stereocenters. The van der Waals surface area contributed by atoms with Crippen LogP contribution < -0.4 is 0 Å². The van der Waals surface area contributed by atoms with Crippen LogP contribution in [0.1, 0.15) is 42.4 Å². The third-order valence-electron chi connectivity index (χ3n) is 3.38. The Labute approximate surface area is 87.7 Å². The molecule has 1 aromatic rings. The second-order valence-electron chi connectivity index (χ2n) is 4.60. The molecule has 80 valence electrons. The highest BCUT2D eigenvalue weighted by atomic mass is 16.4. The molecule has 3 rings (SSSR count). The first-order chi connectivity index (χ1) is 7.24. The Kier molecular flexibility index (Phi) is 1.84. The summed E-state index contributed by atoms with van der Waals surface area (Å²) in [6, 6.07) is 0. The van der Waals surface area contributed by atoms with E-state index >= 15 is 0 Å². The van der Waals surface area contributed by atoms with E-state index < -0.39 is 5.97 Å². The van der Waals surface area contributed by atoms with E-state index in [-0.39, 0.29) is 5.92 Å². The lowest BCUT2D eigenvalue weighted by atomic mass is 9.90. The van der Waals surface area contributed by atoms with Crippen molar-refractivity contribution in [2.24, 2.45) is 5.92 Å². The topological polar surface area (TPSA) is 66.0 Å². The Balaban J connectivity index is 1.85. The second-order valence-corrected chi connectivity index (χ2v) is 4.60. The first-order valence-corrected chi connectivity index (χ1v) is 5.54. The minimum Gasteiger partial charge on any atom is -0.481 e. The van der Waals surface area contributed by atoms with Crippen LogP contribution in [0.15, 0.2) is 0 Å². The van der Waals surface area contributed by atoms with Crippen LogP contribution in [-0.4, -0.2) is 21.0 Å². The quantitative estimate of drug-likeness (QED) is 0.770. The van der Waals surface area contributed by atoms with E-state index in [2.05, 4.69) is 9.97 Å². The molecule has 4 nitrogen and oxygen atoms in total. The first-order valence-electron chi connectivity index (χ1n) is 5.54. The summed E-state index contributed by atoms with van der Waals surface area (Å²) in [5.74, 6) is 0.818. The molecule has 1 saturated carbocycles. The Bertz CT molecular complexity index is 407. The molecule has 2 N–H and O–H groups in total. The second kappa shape index (κ2) is 3.08. The lowest BCUT2D eigenvalue weighted by Gasteiger charge is -2.16. The summed E-state index contributed by atoms with van der Waals surface area (Å²) in [5.41, 5.74) is 2.17. The number of hydrogen-bond donors (Lipinski definition) is 2. The Hall–Kier alpha value is -1.32. The highest BCUT2D eigenvalue weighted by Gasteiger charge is 2.31. The van der Waals surface area contributed by atoms with Crippen molar-refractivity contribution in [3.8, 4) is 0 Å². The summed E-state index contributed by atoms with van der Waals surface area (Å²) >= 11 is 0. The maximum absolute atomic E-state index is 10.9. The molecule has 0 spiro atoms. The molecular formula is C11H14N2O2. The van der Waals surface area contributed by atoms with Gasteiger partial charge in [-0.1, -0.05) is 0 Å². The third kappa shape index (κ3) is 1.54. The van der Waals surface area contributed by atoms with Crippen LogP contribution in [-0.2, 0) is 17.6 Å². The van der Waals surface area contributed by atoms with E-state index in [0.717, 1.165) is 30.1 Å². The number of carboxylic acid groups (broad SMARTS) is 1. The van der Waals surface area contributed by atoms with E-state index in [1.54, 1.807) is 0 Å². The summed E-state index contributed by atoms with van der Waals surface area (Å²) in [6.45, 7) is 0. The van der Waals surface area contributed by atoms with Crippen molar-refractivity contribution in [2.75, 3.05) is 0 Å². The Morgan fingerprint density at radius 3 is 2.87 bits per heavy atom. The van der Waals surface area contributed by atoms with E-state index in [9.17, 15) is 4.79 Å². The minimum atomic E-state index is -0.678. The van der Waals surface area contributed by atoms with Crippen molar-refractivity contribution < 1.29 is 9.90 Å². The number of aryl methyl sites for hydroxylation is 1. The molecule has 4 heteroatoms. The Morgan fingerprint density at radius 2 is 2.20 bits per heavy atom. The van der Waals surface area contributed by atoms with Gasteiger partial charge in [-0.25, -0.2) is 4.98 Å². The van der Waals surface area contributed by atoms with Crippen molar-refractivity contribution in [1.29, 1.82) is 0 Å². The molecule has 0 bridgehead atoms. The molecule has 2 aliphatic carbocycles. The number of nitrogens with zero attached hydrogens (tertiary/aromatic N) is 1. The van der Waals surface area contributed by atoms with Gasteiger partial charge in [0.1, 0.15) is 5.82 Å². The summed E-state index contributed by atoms with van der Waals surface area (Å²) < 4.78 is 0. The minimum absolute atomic E-state index is 0.218. The zero-order valence-electron chi connectivity index (χ0n) is 8.49. The third-order valence-corrected chi connectivity index (χ3v) is 3.38. The van der Waals surface area contributed by atoms with Gasteiger partial charge in [0, 0.05) is 18.0 Å². The highest BCUT2D eigenvalue weighted by molar-refractivity contribution is 5.70. The first kappa shape index (κ1) is 8.95. The molecule has 15 heavy (non-hydrogen) atoms. The maximum atomic E-state index is 10.9. The molecule has 0 aliphatic heterocycles. The fraction of sp³-hybridized carbons (Fsp3) is 0.636. The van der Waals surface area contributed by atoms with Crippen LogP contribution >= 0.6 is 0 Å². The molecule has 1 fully saturated rings. The molecule has 1 heterocycles. The van der Waals surface area contributed by atoms with Crippen LogP contribution in [0.25, 0.3) is 0 Å². The fourth-order valence-corrected chi connectivity index (χ4v) is 2.26. The van der Waals surface area contributed by atoms with Crippen molar-refractivity contribution in [3.63, 3.8) is 0 Å². The number of aromatic amines is 1. The predicted octanol–water partition coefficient (Wildman–Crippen LogP) is 1.48. The van der Waals surface area contributed by atoms with E-state index in [0.29, 0.717) is 12.3 Å². The van der Waals surface area contributed by atoms with Gasteiger partial charge in [0.15, 0.2) is 0 Å². The zero-order valence-corrected chi connectivity index (χ0v) is 8.49. The van der Waals surface area contributed by atoms with E-state index in [1.807, 2.05) is 0 Å². The Morgan fingerprint density at radius 1 is 1.40 bits per heavy atom. The molecule has 0 amide bonds. The van der Waals surface area contributed by atoms with Crippen LogP contribution in [0.4, 0.5) is 0 Å². The van der Waals surface area contributed by atoms with Gasteiger partial charge in [0.2, 0.25) is 0 Å². The molecule has 0 aromatic carbocycles. The van der Waals surface area contributed by atoms with Gasteiger partial charge >= 0.3 is 5.97 Å². The highest BCUT2D eigenvalue weighted by Crippen LogP contribution is 2.39. The van der Waals surface area contributed by atoms with Gasteiger partial charge in [0.05, 0.1) is 11.6 Å². The average molecular weight is 206 g/mol. The molecule has 0 radical (unpaired) electrons. The van der Waals surface area contributed by atoms with Gasteiger partial charge in [0.25, 0.3) is 0 Å². The number of aliphatic carboxylic acids is 1. The summed E-state index contributed by atoms with van der Waals surface area (Å²) in [4.78, 5) is 18.7. The number of aromatic nitrogens is 2. The van der Waals surface area contributed by atoms with Crippen LogP contribution in [0.2, 0.25) is 0 Å². The summed E-state index contributed by atoms with van der Waals surface area (Å²) in [6.07, 6.45) is 4.64. The molecule has 0 saturated heterocycles. The van der Waals surface area contributed by atoms with Crippen LogP contribution in [0.3, 0.4) is 0 Å². The van der Waals surface area contributed by atoms with Gasteiger partial charge < -0.3 is 10.1 Å². The van der Waals surface area contributed by atoms with Crippen molar-refractivity contribution in [1.82, 2.24) is 9.97 Å². The molecule has 2 aliphatic rings. The smallest absolute Gasteiger partial charge is 0.306 e. The van der Waals surface area contributed by atoms with Crippen LogP contribution in [0, 0.1) is 5.92 Å². The maximum Gasteiger partial charge on any atom is 0.306 e. The van der Waals surface area contributed by atoms with Gasteiger partial charge in [-0.05, 0) is 25.7 Å². The standard InChI is InChI=1S/C11H14N2O2/c14-11(15)7-3-4-8-9(5-7)13-10(12-8)6-1-2-6/h6-7H,1-5H2,(H,12,13)(H,14,15). The number of rotatable bonds is 2. The van der Waals surface area contributed by atoms with Gasteiger partial charge in [-0.2, -0.15) is 0 Å². The number of carboxylic acids is 1. The van der Waals surface area contributed by atoms with Crippen molar-refractivity contribution in [3.05, 3.63) is 17.2 Å². The molecule has 1 atom stereocenters. The summed E-state index contributed by atoms with van der Waals surface area (Å²) in [7, 11) is 0. The summed E-state index contributed by atoms with van der Waals surface area (Å²) in [5, 5.41) is 8.96. The number of carbonyl (C=O) groups is 1. The fourth-order valence-electron chi connectivity index (χ4n) is 2.26. The van der Waals surface area contributed by atoms with Crippen LogP contribution in [0.5, 0.6) is 0 Å². The normalized spacial score (nSPS) is 24.9. The number of H-pyrrole nitrogens is 1. The lowest BCUT2D eigenvalue weighted by molar-refractivity contribution is -0.142. The monoisotopic (exact) mass is 206 g/mol. The van der Waals surface area contributed by atoms with Crippen molar-refractivity contribution >= 4 is 5.97 Å². The van der Waals surface area contributed by atoms with Gasteiger partial charge in [-0.15, -0.1) is 0 Å². The largest absolute Gasteiger partial charge is 0.481 e. The number of fused-ring (bicyclic) bond motifs is 1. The van der Waals surface area contributed by atoms with Crippen molar-refractivity contribution in [2.45, 2.75) is 38.0 Å². The average Bonchev–Trinajstić information content (AvgIpc) is 2.97. The number of hydrogen-bond acceptors (Lipinski definition) is 2. The van der Waals surface area contributed by atoms with E-state index in [1.165, 1.54) is 12.8 Å². The lowest BCUT2D eigenvalue weighted by Crippen LogP contribution is -2.22. The number of nitrogens with one attached hydrogen (secondary N) is 1. The SMILES string of the molecule is O=C(O)C1CCc2nc(C3CC3)[nH]c2C1. The molecular weight excluding hydrogens is 192 g/mol. The van der Waals surface area contributed by atoms with E-state index in [4.69, 9.17) is 5.11 Å². The predicted molar refractivity (Wildman–Crippen MR) is 53.7 cm³/mol. The zero-order chi connectivity index (χ0) is 10.4. The number of imidazole rings is 1. The van der Waals surface area contributed by atoms with Gasteiger partial charge in [-0.3, -0.25) is 4.79 Å². The molecule has 1 aromatic heterocycles.